The molecule has 2 aromatic rings. The van der Waals surface area contributed by atoms with Gasteiger partial charge in [0.05, 0.1) is 18.7 Å². The predicted octanol–water partition coefficient (Wildman–Crippen LogP) is 2.38. The van der Waals surface area contributed by atoms with E-state index in [2.05, 4.69) is 9.88 Å². The van der Waals surface area contributed by atoms with Crippen LogP contribution in [0.2, 0.25) is 0 Å². The van der Waals surface area contributed by atoms with Crippen LogP contribution < -0.4 is 15.4 Å². The molecule has 1 aliphatic rings. The largest absolute Gasteiger partial charge is 0.497 e. The highest BCUT2D eigenvalue weighted by molar-refractivity contribution is 5.83. The minimum Gasteiger partial charge on any atom is -0.497 e. The van der Waals surface area contributed by atoms with Gasteiger partial charge in [-0.15, -0.1) is 0 Å². The molecule has 2 heterocycles. The number of hydrogen-bond donors (Lipinski definition) is 1. The highest BCUT2D eigenvalue weighted by atomic mass is 16.5. The van der Waals surface area contributed by atoms with Crippen LogP contribution in [0.25, 0.3) is 11.1 Å². The molecule has 1 aliphatic heterocycles. The number of aryl methyl sites for hydroxylation is 1. The number of hydrogen-bond acceptors (Lipinski definition) is 4. The van der Waals surface area contributed by atoms with Gasteiger partial charge in [0, 0.05) is 31.0 Å². The second-order valence-corrected chi connectivity index (χ2v) is 5.92. The summed E-state index contributed by atoms with van der Waals surface area (Å²) in [5.41, 5.74) is 9.85. The number of ether oxygens (including phenoxy) is 1. The number of aromatic nitrogens is 1. The van der Waals surface area contributed by atoms with Crippen molar-refractivity contribution in [2.24, 2.45) is 11.7 Å². The van der Waals surface area contributed by atoms with E-state index in [-0.39, 0.29) is 11.8 Å². The predicted molar refractivity (Wildman–Crippen MR) is 90.5 cm³/mol. The van der Waals surface area contributed by atoms with E-state index in [1.54, 1.807) is 7.11 Å². The van der Waals surface area contributed by atoms with Gasteiger partial charge in [-0.05, 0) is 36.6 Å². The van der Waals surface area contributed by atoms with Crippen molar-refractivity contribution in [1.29, 1.82) is 0 Å². The highest BCUT2D eigenvalue weighted by Crippen LogP contribution is 2.36. The van der Waals surface area contributed by atoms with E-state index in [1.807, 2.05) is 43.6 Å². The van der Waals surface area contributed by atoms with Crippen LogP contribution in [0.5, 0.6) is 5.75 Å². The molecule has 1 atom stereocenters. The first-order valence-electron chi connectivity index (χ1n) is 7.73. The van der Waals surface area contributed by atoms with E-state index < -0.39 is 0 Å². The number of methoxy groups -OCH3 is 1. The Balaban J connectivity index is 1.98. The maximum absolute atomic E-state index is 11.5. The SMILES string of the molecule is COc1ccc(-c2cncc(C)c2N2CCC(C(N)=O)C2)cc1. The summed E-state index contributed by atoms with van der Waals surface area (Å²) in [6.07, 6.45) is 4.54. The fourth-order valence-corrected chi connectivity index (χ4v) is 3.16. The number of primary amides is 1. The summed E-state index contributed by atoms with van der Waals surface area (Å²) in [6, 6.07) is 7.94. The number of rotatable bonds is 4. The second kappa shape index (κ2) is 6.28. The zero-order valence-electron chi connectivity index (χ0n) is 13.5. The fraction of sp³-hybridized carbons (Fsp3) is 0.333. The van der Waals surface area contributed by atoms with Gasteiger partial charge < -0.3 is 15.4 Å². The van der Waals surface area contributed by atoms with Crippen LogP contribution in [0.4, 0.5) is 5.69 Å². The average molecular weight is 311 g/mol. The summed E-state index contributed by atoms with van der Waals surface area (Å²) >= 11 is 0. The first kappa shape index (κ1) is 15.3. The number of benzene rings is 1. The first-order chi connectivity index (χ1) is 11.1. The minimum absolute atomic E-state index is 0.0775. The maximum Gasteiger partial charge on any atom is 0.222 e. The highest BCUT2D eigenvalue weighted by Gasteiger charge is 2.29. The van der Waals surface area contributed by atoms with Crippen molar-refractivity contribution in [1.82, 2.24) is 4.98 Å². The molecule has 1 aromatic carbocycles. The molecule has 5 heteroatoms. The van der Waals surface area contributed by atoms with Gasteiger partial charge in [0.1, 0.15) is 5.75 Å². The Bertz CT molecular complexity index is 713. The van der Waals surface area contributed by atoms with Crippen molar-refractivity contribution >= 4 is 11.6 Å². The summed E-state index contributed by atoms with van der Waals surface area (Å²) in [4.78, 5) is 18.0. The standard InChI is InChI=1S/C18H21N3O2/c1-12-9-20-10-16(13-3-5-15(23-2)6-4-13)17(12)21-8-7-14(11-21)18(19)22/h3-6,9-10,14H,7-8,11H2,1-2H3,(H2,19,22). The molecular formula is C18H21N3O2. The van der Waals surface area contributed by atoms with Crippen LogP contribution in [0.3, 0.4) is 0 Å². The molecule has 1 saturated heterocycles. The molecule has 1 aromatic heterocycles. The van der Waals surface area contributed by atoms with Gasteiger partial charge in [0.2, 0.25) is 5.91 Å². The van der Waals surface area contributed by atoms with Gasteiger partial charge in [0.25, 0.3) is 0 Å². The van der Waals surface area contributed by atoms with Gasteiger partial charge in [-0.25, -0.2) is 0 Å². The van der Waals surface area contributed by atoms with E-state index in [0.29, 0.717) is 6.54 Å². The van der Waals surface area contributed by atoms with Crippen molar-refractivity contribution in [3.05, 3.63) is 42.2 Å². The molecule has 120 valence electrons. The quantitative estimate of drug-likeness (QED) is 0.941. The Morgan fingerprint density at radius 3 is 2.65 bits per heavy atom. The molecule has 1 amide bonds. The van der Waals surface area contributed by atoms with Gasteiger partial charge in [-0.1, -0.05) is 12.1 Å². The molecule has 0 bridgehead atoms. The van der Waals surface area contributed by atoms with Gasteiger partial charge in [-0.3, -0.25) is 9.78 Å². The van der Waals surface area contributed by atoms with Crippen molar-refractivity contribution < 1.29 is 9.53 Å². The van der Waals surface area contributed by atoms with E-state index in [4.69, 9.17) is 10.5 Å². The Kier molecular flexibility index (Phi) is 4.19. The molecule has 0 saturated carbocycles. The Morgan fingerprint density at radius 1 is 1.30 bits per heavy atom. The Morgan fingerprint density at radius 2 is 2.04 bits per heavy atom. The van der Waals surface area contributed by atoms with Crippen molar-refractivity contribution in [2.75, 3.05) is 25.1 Å². The normalized spacial score (nSPS) is 17.3. The zero-order valence-corrected chi connectivity index (χ0v) is 13.5. The summed E-state index contributed by atoms with van der Waals surface area (Å²) < 4.78 is 5.22. The topological polar surface area (TPSA) is 68.4 Å². The minimum atomic E-state index is -0.217. The second-order valence-electron chi connectivity index (χ2n) is 5.92. The lowest BCUT2D eigenvalue weighted by atomic mass is 10.0. The number of amides is 1. The maximum atomic E-state index is 11.5. The molecule has 1 fully saturated rings. The third kappa shape index (κ3) is 2.99. The molecule has 5 nitrogen and oxygen atoms in total. The van der Waals surface area contributed by atoms with Crippen LogP contribution in [0.15, 0.2) is 36.7 Å². The summed E-state index contributed by atoms with van der Waals surface area (Å²) in [7, 11) is 1.66. The average Bonchev–Trinajstić information content (AvgIpc) is 3.04. The molecule has 0 spiro atoms. The van der Waals surface area contributed by atoms with Crippen LogP contribution >= 0.6 is 0 Å². The zero-order chi connectivity index (χ0) is 16.4. The number of pyridine rings is 1. The Labute approximate surface area is 136 Å². The van der Waals surface area contributed by atoms with Crippen molar-refractivity contribution in [3.8, 4) is 16.9 Å². The number of carbonyl (C=O) groups excluding carboxylic acids is 1. The number of nitrogens with zero attached hydrogens (tertiary/aromatic N) is 2. The van der Waals surface area contributed by atoms with Crippen LogP contribution in [-0.2, 0) is 4.79 Å². The third-order valence-electron chi connectivity index (χ3n) is 4.41. The van der Waals surface area contributed by atoms with Gasteiger partial charge in [0.15, 0.2) is 0 Å². The van der Waals surface area contributed by atoms with E-state index >= 15 is 0 Å². The Hall–Kier alpha value is -2.56. The van der Waals surface area contributed by atoms with Crippen LogP contribution in [0, 0.1) is 12.8 Å². The summed E-state index contributed by atoms with van der Waals surface area (Å²) in [5, 5.41) is 0. The summed E-state index contributed by atoms with van der Waals surface area (Å²) in [5.74, 6) is 0.530. The molecular weight excluding hydrogens is 290 g/mol. The number of nitrogens with two attached hydrogens (primary N) is 1. The van der Waals surface area contributed by atoms with E-state index in [9.17, 15) is 4.79 Å². The number of carbonyl (C=O) groups is 1. The van der Waals surface area contributed by atoms with Crippen molar-refractivity contribution in [2.45, 2.75) is 13.3 Å². The van der Waals surface area contributed by atoms with Crippen molar-refractivity contribution in [3.63, 3.8) is 0 Å². The number of anilines is 1. The van der Waals surface area contributed by atoms with Gasteiger partial charge in [-0.2, -0.15) is 0 Å². The lowest BCUT2D eigenvalue weighted by Gasteiger charge is -2.24. The molecule has 1 unspecified atom stereocenters. The lowest BCUT2D eigenvalue weighted by molar-refractivity contribution is -0.121. The molecule has 23 heavy (non-hydrogen) atoms. The van der Waals surface area contributed by atoms with E-state index in [1.165, 1.54) is 0 Å². The van der Waals surface area contributed by atoms with Gasteiger partial charge >= 0.3 is 0 Å². The first-order valence-corrected chi connectivity index (χ1v) is 7.73. The molecule has 2 N–H and O–H groups in total. The lowest BCUT2D eigenvalue weighted by Crippen LogP contribution is -2.28. The molecule has 3 rings (SSSR count). The summed E-state index contributed by atoms with van der Waals surface area (Å²) in [6.45, 7) is 3.55. The van der Waals surface area contributed by atoms with E-state index in [0.717, 1.165) is 41.1 Å². The van der Waals surface area contributed by atoms with Crippen LogP contribution in [0.1, 0.15) is 12.0 Å². The van der Waals surface area contributed by atoms with Crippen LogP contribution in [-0.4, -0.2) is 31.1 Å². The molecule has 0 aliphatic carbocycles. The fourth-order valence-electron chi connectivity index (χ4n) is 3.16. The smallest absolute Gasteiger partial charge is 0.222 e. The third-order valence-corrected chi connectivity index (χ3v) is 4.41. The molecule has 0 radical (unpaired) electrons. The monoisotopic (exact) mass is 311 g/mol.